The highest BCUT2D eigenvalue weighted by atomic mass is 79.9. The maximum absolute atomic E-state index is 6.28. The van der Waals surface area contributed by atoms with Crippen LogP contribution in [0.1, 0.15) is 63.0 Å². The number of benzene rings is 1. The molecule has 3 nitrogen and oxygen atoms in total. The summed E-state index contributed by atoms with van der Waals surface area (Å²) in [5, 5.41) is 0. The molecular weight excluding hydrogens is 342 g/mol. The first kappa shape index (κ1) is 17.6. The quantitative estimate of drug-likeness (QED) is 0.814. The van der Waals surface area contributed by atoms with Gasteiger partial charge in [-0.2, -0.15) is 0 Å². The third-order valence-electron chi connectivity index (χ3n) is 4.97. The van der Waals surface area contributed by atoms with Crippen LogP contribution in [0.2, 0.25) is 0 Å². The molecular formula is C18H28BrNO2. The van der Waals surface area contributed by atoms with Crippen molar-refractivity contribution < 1.29 is 9.47 Å². The number of nitrogens with two attached hydrogens (primary N) is 1. The van der Waals surface area contributed by atoms with Gasteiger partial charge < -0.3 is 15.2 Å². The average Bonchev–Trinajstić information content (AvgIpc) is 2.54. The Balaban J connectivity index is 2.73. The molecule has 2 rings (SSSR count). The number of ether oxygens (including phenoxy) is 2. The summed E-state index contributed by atoms with van der Waals surface area (Å²) in [6.07, 6.45) is 6.10. The SMILES string of the molecule is COc1cc(Br)c(C2(CN)CCCCC2)c(C(C)C)c1OC. The average molecular weight is 370 g/mol. The van der Waals surface area contributed by atoms with Crippen molar-refractivity contribution >= 4 is 15.9 Å². The minimum absolute atomic E-state index is 0.0518. The van der Waals surface area contributed by atoms with Crippen molar-refractivity contribution in [2.45, 2.75) is 57.3 Å². The Kier molecular flexibility index (Phi) is 5.78. The van der Waals surface area contributed by atoms with Crippen LogP contribution >= 0.6 is 15.9 Å². The molecule has 0 radical (unpaired) electrons. The topological polar surface area (TPSA) is 44.5 Å². The Bertz CT molecular complexity index is 522. The summed E-state index contributed by atoms with van der Waals surface area (Å²) < 4.78 is 12.3. The van der Waals surface area contributed by atoms with E-state index >= 15 is 0 Å². The Morgan fingerprint density at radius 2 is 1.82 bits per heavy atom. The van der Waals surface area contributed by atoms with E-state index in [0.29, 0.717) is 12.5 Å². The summed E-state index contributed by atoms with van der Waals surface area (Å²) in [6, 6.07) is 2.03. The summed E-state index contributed by atoms with van der Waals surface area (Å²) >= 11 is 3.79. The van der Waals surface area contributed by atoms with Crippen LogP contribution < -0.4 is 15.2 Å². The smallest absolute Gasteiger partial charge is 0.164 e. The van der Waals surface area contributed by atoms with Gasteiger partial charge in [0.15, 0.2) is 11.5 Å². The molecule has 0 spiro atoms. The molecule has 0 amide bonds. The maximum Gasteiger partial charge on any atom is 0.164 e. The van der Waals surface area contributed by atoms with Crippen LogP contribution in [0.25, 0.3) is 0 Å². The summed E-state index contributed by atoms with van der Waals surface area (Å²) in [5.74, 6) is 1.99. The molecule has 0 aromatic heterocycles. The van der Waals surface area contributed by atoms with Crippen LogP contribution in [0.4, 0.5) is 0 Å². The van der Waals surface area contributed by atoms with Crippen LogP contribution in [-0.4, -0.2) is 20.8 Å². The predicted octanol–water partition coefficient (Wildman–Crippen LogP) is 4.75. The number of hydrogen-bond acceptors (Lipinski definition) is 3. The fourth-order valence-corrected chi connectivity index (χ4v) is 4.71. The highest BCUT2D eigenvalue weighted by molar-refractivity contribution is 9.10. The molecule has 0 bridgehead atoms. The van der Waals surface area contributed by atoms with Crippen LogP contribution in [-0.2, 0) is 5.41 Å². The summed E-state index contributed by atoms with van der Waals surface area (Å²) in [5.41, 5.74) is 8.90. The van der Waals surface area contributed by atoms with Crippen molar-refractivity contribution in [2.75, 3.05) is 20.8 Å². The Morgan fingerprint density at radius 1 is 1.18 bits per heavy atom. The Hall–Kier alpha value is -0.740. The zero-order valence-corrected chi connectivity index (χ0v) is 15.8. The maximum atomic E-state index is 6.28. The van der Waals surface area contributed by atoms with Crippen molar-refractivity contribution in [1.29, 1.82) is 0 Å². The standard InChI is InChI=1S/C18H28BrNO2/c1-12(2)15-16(18(11-20)8-6-5-7-9-18)13(19)10-14(21-3)17(15)22-4/h10,12H,5-9,11,20H2,1-4H3. The van der Waals surface area contributed by atoms with Crippen LogP contribution in [0.15, 0.2) is 10.5 Å². The van der Waals surface area contributed by atoms with Gasteiger partial charge in [-0.05, 0) is 30.4 Å². The van der Waals surface area contributed by atoms with E-state index in [1.807, 2.05) is 6.07 Å². The van der Waals surface area contributed by atoms with Crippen LogP contribution in [0.3, 0.4) is 0 Å². The number of methoxy groups -OCH3 is 2. The molecule has 2 N–H and O–H groups in total. The van der Waals surface area contributed by atoms with Gasteiger partial charge >= 0.3 is 0 Å². The molecule has 22 heavy (non-hydrogen) atoms. The second-order valence-electron chi connectivity index (χ2n) is 6.58. The van der Waals surface area contributed by atoms with Gasteiger partial charge in [0, 0.05) is 22.0 Å². The molecule has 124 valence electrons. The first-order valence-electron chi connectivity index (χ1n) is 8.15. The van der Waals surface area contributed by atoms with Crippen molar-refractivity contribution in [3.8, 4) is 11.5 Å². The van der Waals surface area contributed by atoms with Gasteiger partial charge in [-0.15, -0.1) is 0 Å². The lowest BCUT2D eigenvalue weighted by Gasteiger charge is -2.40. The first-order chi connectivity index (χ1) is 10.5. The van der Waals surface area contributed by atoms with Gasteiger partial charge in [0.2, 0.25) is 0 Å². The molecule has 1 aliphatic rings. The van der Waals surface area contributed by atoms with Crippen molar-refractivity contribution in [3.05, 3.63) is 21.7 Å². The highest BCUT2D eigenvalue weighted by Crippen LogP contribution is 2.50. The van der Waals surface area contributed by atoms with Gasteiger partial charge in [-0.25, -0.2) is 0 Å². The molecule has 0 unspecified atom stereocenters. The van der Waals surface area contributed by atoms with Gasteiger partial charge in [-0.1, -0.05) is 49.0 Å². The molecule has 4 heteroatoms. The lowest BCUT2D eigenvalue weighted by atomic mass is 9.67. The third-order valence-corrected chi connectivity index (χ3v) is 5.59. The molecule has 1 aromatic rings. The zero-order chi connectivity index (χ0) is 16.3. The van der Waals surface area contributed by atoms with Crippen molar-refractivity contribution in [3.63, 3.8) is 0 Å². The minimum Gasteiger partial charge on any atom is -0.493 e. The van der Waals surface area contributed by atoms with E-state index in [9.17, 15) is 0 Å². The second-order valence-corrected chi connectivity index (χ2v) is 7.44. The van der Waals surface area contributed by atoms with Crippen molar-refractivity contribution in [1.82, 2.24) is 0 Å². The normalized spacial score (nSPS) is 17.6. The highest BCUT2D eigenvalue weighted by Gasteiger charge is 2.38. The molecule has 1 saturated carbocycles. The molecule has 0 atom stereocenters. The molecule has 1 fully saturated rings. The van der Waals surface area contributed by atoms with E-state index < -0.39 is 0 Å². The van der Waals surface area contributed by atoms with E-state index in [1.54, 1.807) is 14.2 Å². The molecule has 1 aliphatic carbocycles. The summed E-state index contributed by atoms with van der Waals surface area (Å²) in [4.78, 5) is 0. The second kappa shape index (κ2) is 7.22. The fraction of sp³-hybridized carbons (Fsp3) is 0.667. The number of rotatable bonds is 5. The summed E-state index contributed by atoms with van der Waals surface area (Å²) in [6.45, 7) is 5.10. The van der Waals surface area contributed by atoms with E-state index in [1.165, 1.54) is 30.4 Å². The van der Waals surface area contributed by atoms with Gasteiger partial charge in [-0.3, -0.25) is 0 Å². The van der Waals surface area contributed by atoms with E-state index in [0.717, 1.165) is 28.8 Å². The number of hydrogen-bond donors (Lipinski definition) is 1. The number of halogens is 1. The summed E-state index contributed by atoms with van der Waals surface area (Å²) in [7, 11) is 3.41. The Labute approximate surface area is 142 Å². The monoisotopic (exact) mass is 369 g/mol. The predicted molar refractivity (Wildman–Crippen MR) is 95.2 cm³/mol. The zero-order valence-electron chi connectivity index (χ0n) is 14.2. The van der Waals surface area contributed by atoms with Gasteiger partial charge in [0.25, 0.3) is 0 Å². The molecule has 0 saturated heterocycles. The van der Waals surface area contributed by atoms with Gasteiger partial charge in [0.1, 0.15) is 0 Å². The van der Waals surface area contributed by atoms with Gasteiger partial charge in [0.05, 0.1) is 14.2 Å². The lowest BCUT2D eigenvalue weighted by Crippen LogP contribution is -2.38. The Morgan fingerprint density at radius 3 is 2.27 bits per heavy atom. The minimum atomic E-state index is 0.0518. The van der Waals surface area contributed by atoms with E-state index in [4.69, 9.17) is 15.2 Å². The molecule has 0 aliphatic heterocycles. The van der Waals surface area contributed by atoms with E-state index in [2.05, 4.69) is 29.8 Å². The molecule has 1 aromatic carbocycles. The molecule has 0 heterocycles. The fourth-order valence-electron chi connectivity index (χ4n) is 3.86. The first-order valence-corrected chi connectivity index (χ1v) is 8.95. The van der Waals surface area contributed by atoms with E-state index in [-0.39, 0.29) is 5.41 Å². The van der Waals surface area contributed by atoms with Crippen LogP contribution in [0, 0.1) is 0 Å². The lowest BCUT2D eigenvalue weighted by molar-refractivity contribution is 0.292. The van der Waals surface area contributed by atoms with Crippen molar-refractivity contribution in [2.24, 2.45) is 5.73 Å². The third kappa shape index (κ3) is 3.00. The van der Waals surface area contributed by atoms with Crippen LogP contribution in [0.5, 0.6) is 11.5 Å². The largest absolute Gasteiger partial charge is 0.493 e.